The van der Waals surface area contributed by atoms with Crippen LogP contribution in [0.2, 0.25) is 0 Å². The smallest absolute Gasteiger partial charge is 0.323 e. The van der Waals surface area contributed by atoms with Gasteiger partial charge in [-0.15, -0.1) is 0 Å². The fourth-order valence-corrected chi connectivity index (χ4v) is 5.47. The fourth-order valence-electron chi connectivity index (χ4n) is 5.47. The van der Waals surface area contributed by atoms with E-state index in [-0.39, 0.29) is 18.5 Å². The first-order valence-corrected chi connectivity index (χ1v) is 14.9. The zero-order valence-electron chi connectivity index (χ0n) is 26.2. The van der Waals surface area contributed by atoms with Gasteiger partial charge in [-0.2, -0.15) is 4.98 Å². The van der Waals surface area contributed by atoms with Gasteiger partial charge in [-0.1, -0.05) is 25.3 Å². The average Bonchev–Trinajstić information content (AvgIpc) is 2.95. The molecule has 1 aliphatic carbocycles. The largest absolute Gasteiger partial charge is 0.493 e. The highest BCUT2D eigenvalue weighted by atomic mass is 16.6. The summed E-state index contributed by atoms with van der Waals surface area (Å²) in [4.78, 5) is 21.5. The van der Waals surface area contributed by atoms with Crippen LogP contribution in [0.5, 0.6) is 17.2 Å². The first kappa shape index (κ1) is 31.9. The van der Waals surface area contributed by atoms with Crippen molar-refractivity contribution >= 4 is 34.3 Å². The van der Waals surface area contributed by atoms with Gasteiger partial charge >= 0.3 is 5.97 Å². The van der Waals surface area contributed by atoms with Crippen molar-refractivity contribution in [2.24, 2.45) is 0 Å². The van der Waals surface area contributed by atoms with E-state index in [4.69, 9.17) is 30.4 Å². The number of aryl methyl sites for hydroxylation is 1. The third-order valence-electron chi connectivity index (χ3n) is 7.61. The predicted molar refractivity (Wildman–Crippen MR) is 170 cm³/mol. The van der Waals surface area contributed by atoms with Gasteiger partial charge in [0.2, 0.25) is 11.7 Å². The van der Waals surface area contributed by atoms with Crippen LogP contribution in [0, 0.1) is 6.92 Å². The summed E-state index contributed by atoms with van der Waals surface area (Å²) in [6, 6.07) is 7.43. The average molecular weight is 595 g/mol. The molecule has 0 spiro atoms. The molecule has 1 aliphatic rings. The van der Waals surface area contributed by atoms with E-state index in [0.29, 0.717) is 47.6 Å². The number of hydrogen-bond donors (Lipinski definition) is 4. The molecule has 1 fully saturated rings. The summed E-state index contributed by atoms with van der Waals surface area (Å²) in [5, 5.41) is 7.76. The molecule has 1 saturated carbocycles. The minimum Gasteiger partial charge on any atom is -0.493 e. The Kier molecular flexibility index (Phi) is 10.4. The number of nitrogens with zero attached hydrogens (tertiary/aromatic N) is 2. The standard InChI is InChI=1S/C32H46N6O5/c1-19-20(12-13-23-27(19)29(33)38-31(34)37-23)18-35-22-16-25(40-5)28(26(17-22)41-6)42-15-14-24(30(39)43-32(2,3)4)36-21-10-8-7-9-11-21/h12-13,16-17,21,24,35-36H,7-11,14-15,18H2,1-6H3,(H4,33,34,37,38)/t24-/m0/s1. The Morgan fingerprint density at radius 3 is 2.35 bits per heavy atom. The lowest BCUT2D eigenvalue weighted by Gasteiger charge is -2.30. The summed E-state index contributed by atoms with van der Waals surface area (Å²) in [5.74, 6) is 1.74. The SMILES string of the molecule is COc1cc(NCc2ccc3nc(N)nc(N)c3c2C)cc(OC)c1OCC[C@H](NC1CCCCC1)C(=O)OC(C)(C)C. The molecule has 1 heterocycles. The van der Waals surface area contributed by atoms with Gasteiger partial charge in [-0.05, 0) is 57.7 Å². The fraction of sp³-hybridized carbons (Fsp3) is 0.531. The molecule has 4 rings (SSSR count). The van der Waals surface area contributed by atoms with Gasteiger partial charge < -0.3 is 41.0 Å². The number of hydrogen-bond acceptors (Lipinski definition) is 11. The van der Waals surface area contributed by atoms with Crippen molar-refractivity contribution in [2.75, 3.05) is 37.6 Å². The number of ether oxygens (including phenoxy) is 4. The van der Waals surface area contributed by atoms with Crippen LogP contribution in [0.15, 0.2) is 24.3 Å². The number of benzene rings is 2. The summed E-state index contributed by atoms with van der Waals surface area (Å²) in [6.07, 6.45) is 6.14. The van der Waals surface area contributed by atoms with E-state index in [9.17, 15) is 4.79 Å². The van der Waals surface area contributed by atoms with Gasteiger partial charge in [-0.3, -0.25) is 4.79 Å². The third-order valence-corrected chi connectivity index (χ3v) is 7.61. The van der Waals surface area contributed by atoms with Crippen LogP contribution in [-0.2, 0) is 16.1 Å². The van der Waals surface area contributed by atoms with Gasteiger partial charge in [0.1, 0.15) is 17.5 Å². The van der Waals surface area contributed by atoms with Crippen LogP contribution in [-0.4, -0.2) is 54.4 Å². The number of nitrogen functional groups attached to an aromatic ring is 2. The normalized spacial score (nSPS) is 14.7. The van der Waals surface area contributed by atoms with Crippen LogP contribution < -0.4 is 36.3 Å². The lowest BCUT2D eigenvalue weighted by Crippen LogP contribution is -2.47. The number of anilines is 3. The van der Waals surface area contributed by atoms with E-state index in [1.54, 1.807) is 14.2 Å². The molecule has 234 valence electrons. The maximum Gasteiger partial charge on any atom is 0.323 e. The molecular formula is C32H46N6O5. The number of nitrogens with two attached hydrogens (primary N) is 2. The van der Waals surface area contributed by atoms with E-state index >= 15 is 0 Å². The highest BCUT2D eigenvalue weighted by Crippen LogP contribution is 2.41. The predicted octanol–water partition coefficient (Wildman–Crippen LogP) is 5.13. The third kappa shape index (κ3) is 8.31. The van der Waals surface area contributed by atoms with Crippen molar-refractivity contribution < 1.29 is 23.7 Å². The molecule has 0 bridgehead atoms. The molecule has 0 radical (unpaired) electrons. The topological polar surface area (TPSA) is 156 Å². The Morgan fingerprint density at radius 1 is 1.05 bits per heavy atom. The lowest BCUT2D eigenvalue weighted by molar-refractivity contribution is -0.158. The van der Waals surface area contributed by atoms with Crippen LogP contribution in [0.1, 0.15) is 70.4 Å². The van der Waals surface area contributed by atoms with Crippen molar-refractivity contribution in [1.29, 1.82) is 0 Å². The first-order valence-electron chi connectivity index (χ1n) is 14.9. The number of fused-ring (bicyclic) bond motifs is 1. The second kappa shape index (κ2) is 14.0. The van der Waals surface area contributed by atoms with Crippen molar-refractivity contribution in [3.63, 3.8) is 0 Å². The quantitative estimate of drug-likeness (QED) is 0.206. The number of carbonyl (C=O) groups is 1. The molecule has 3 aromatic rings. The van der Waals surface area contributed by atoms with Crippen LogP contribution in [0.4, 0.5) is 17.5 Å². The minimum atomic E-state index is -0.570. The highest BCUT2D eigenvalue weighted by Gasteiger charge is 2.28. The zero-order chi connectivity index (χ0) is 31.1. The Hall–Kier alpha value is -3.99. The van der Waals surface area contributed by atoms with Crippen molar-refractivity contribution in [1.82, 2.24) is 15.3 Å². The Balaban J connectivity index is 1.46. The van der Waals surface area contributed by atoms with Gasteiger partial charge in [0.15, 0.2) is 11.5 Å². The number of methoxy groups -OCH3 is 2. The number of esters is 1. The summed E-state index contributed by atoms with van der Waals surface area (Å²) in [6.45, 7) is 8.42. The van der Waals surface area contributed by atoms with Crippen LogP contribution in [0.3, 0.4) is 0 Å². The number of nitrogens with one attached hydrogen (secondary N) is 2. The second-order valence-electron chi connectivity index (χ2n) is 12.0. The number of aromatic nitrogens is 2. The molecular weight excluding hydrogens is 548 g/mol. The van der Waals surface area contributed by atoms with Crippen LogP contribution >= 0.6 is 0 Å². The highest BCUT2D eigenvalue weighted by molar-refractivity contribution is 5.92. The van der Waals surface area contributed by atoms with Crippen molar-refractivity contribution in [3.8, 4) is 17.2 Å². The molecule has 1 aromatic heterocycles. The monoisotopic (exact) mass is 594 g/mol. The van der Waals surface area contributed by atoms with Crippen molar-refractivity contribution in [3.05, 3.63) is 35.4 Å². The lowest BCUT2D eigenvalue weighted by atomic mass is 9.94. The minimum absolute atomic E-state index is 0.151. The van der Waals surface area contributed by atoms with E-state index in [0.717, 1.165) is 35.0 Å². The molecule has 0 amide bonds. The summed E-state index contributed by atoms with van der Waals surface area (Å²) in [5.41, 5.74) is 14.8. The van der Waals surface area contributed by atoms with Gasteiger partial charge in [-0.25, -0.2) is 4.98 Å². The maximum absolute atomic E-state index is 13.1. The molecule has 6 N–H and O–H groups in total. The summed E-state index contributed by atoms with van der Waals surface area (Å²) < 4.78 is 23.3. The first-order chi connectivity index (χ1) is 20.5. The Labute approximate surface area is 254 Å². The maximum atomic E-state index is 13.1. The molecule has 0 saturated heterocycles. The molecule has 11 heteroatoms. The molecule has 43 heavy (non-hydrogen) atoms. The van der Waals surface area contributed by atoms with Gasteiger partial charge in [0.05, 0.1) is 26.3 Å². The molecule has 11 nitrogen and oxygen atoms in total. The van der Waals surface area contributed by atoms with E-state index < -0.39 is 11.6 Å². The zero-order valence-corrected chi connectivity index (χ0v) is 26.2. The number of carbonyl (C=O) groups excluding carboxylic acids is 1. The summed E-state index contributed by atoms with van der Waals surface area (Å²) >= 11 is 0. The van der Waals surface area contributed by atoms with Gasteiger partial charge in [0.25, 0.3) is 0 Å². The van der Waals surface area contributed by atoms with E-state index in [1.807, 2.05) is 52.0 Å². The molecule has 2 aromatic carbocycles. The van der Waals surface area contributed by atoms with E-state index in [1.165, 1.54) is 19.3 Å². The molecule has 0 aliphatic heterocycles. The van der Waals surface area contributed by atoms with E-state index in [2.05, 4.69) is 20.6 Å². The number of rotatable bonds is 12. The Morgan fingerprint density at radius 2 is 1.72 bits per heavy atom. The van der Waals surface area contributed by atoms with Gasteiger partial charge in [0, 0.05) is 42.2 Å². The van der Waals surface area contributed by atoms with Crippen molar-refractivity contribution in [2.45, 2.75) is 90.4 Å². The molecule has 0 unspecified atom stereocenters. The Bertz CT molecular complexity index is 1390. The van der Waals surface area contributed by atoms with Crippen LogP contribution in [0.25, 0.3) is 10.9 Å². The summed E-state index contributed by atoms with van der Waals surface area (Å²) in [7, 11) is 3.17. The molecule has 1 atom stereocenters. The second-order valence-corrected chi connectivity index (χ2v) is 12.0.